The van der Waals surface area contributed by atoms with Crippen LogP contribution in [0.4, 0.5) is 0 Å². The number of rotatable bonds is 3. The van der Waals surface area contributed by atoms with Gasteiger partial charge in [0.25, 0.3) is 0 Å². The molecule has 0 aromatic rings. The first-order valence-corrected chi connectivity index (χ1v) is 5.90. The number of halogens is 1. The van der Waals surface area contributed by atoms with Crippen molar-refractivity contribution in [3.05, 3.63) is 10.6 Å². The van der Waals surface area contributed by atoms with Gasteiger partial charge in [-0.25, -0.2) is 0 Å². The SMILES string of the molecule is CCC(C)(C)CN1CCC=C(Br)C1. The summed E-state index contributed by atoms with van der Waals surface area (Å²) in [6.45, 7) is 10.5. The van der Waals surface area contributed by atoms with Gasteiger partial charge in [-0.1, -0.05) is 42.8 Å². The summed E-state index contributed by atoms with van der Waals surface area (Å²) >= 11 is 3.58. The minimum absolute atomic E-state index is 0.463. The van der Waals surface area contributed by atoms with E-state index in [0.717, 1.165) is 6.54 Å². The van der Waals surface area contributed by atoms with Crippen LogP contribution in [0.15, 0.2) is 10.6 Å². The van der Waals surface area contributed by atoms with Crippen molar-refractivity contribution in [2.75, 3.05) is 19.6 Å². The zero-order chi connectivity index (χ0) is 9.90. The molecule has 0 aliphatic carbocycles. The van der Waals surface area contributed by atoms with Crippen LogP contribution in [-0.2, 0) is 0 Å². The predicted molar refractivity (Wildman–Crippen MR) is 62.1 cm³/mol. The van der Waals surface area contributed by atoms with Crippen molar-refractivity contribution in [2.45, 2.75) is 33.6 Å². The van der Waals surface area contributed by atoms with Gasteiger partial charge in [0, 0.05) is 24.1 Å². The number of nitrogens with zero attached hydrogens (tertiary/aromatic N) is 1. The van der Waals surface area contributed by atoms with Crippen LogP contribution in [0.1, 0.15) is 33.6 Å². The quantitative estimate of drug-likeness (QED) is 0.737. The summed E-state index contributed by atoms with van der Waals surface area (Å²) in [6.07, 6.45) is 4.74. The summed E-state index contributed by atoms with van der Waals surface area (Å²) in [5.41, 5.74) is 0.463. The number of hydrogen-bond acceptors (Lipinski definition) is 1. The molecule has 1 rings (SSSR count). The van der Waals surface area contributed by atoms with Gasteiger partial charge in [-0.15, -0.1) is 0 Å². The summed E-state index contributed by atoms with van der Waals surface area (Å²) in [7, 11) is 0. The highest BCUT2D eigenvalue weighted by Crippen LogP contribution is 2.24. The first kappa shape index (κ1) is 11.3. The number of hydrogen-bond donors (Lipinski definition) is 0. The Morgan fingerprint density at radius 2 is 2.23 bits per heavy atom. The van der Waals surface area contributed by atoms with Crippen molar-refractivity contribution in [3.63, 3.8) is 0 Å². The third-order valence-electron chi connectivity index (χ3n) is 2.79. The van der Waals surface area contributed by atoms with Crippen molar-refractivity contribution in [1.82, 2.24) is 4.90 Å². The first-order valence-electron chi connectivity index (χ1n) is 5.10. The third kappa shape index (κ3) is 3.82. The highest BCUT2D eigenvalue weighted by Gasteiger charge is 2.21. The van der Waals surface area contributed by atoms with Gasteiger partial charge in [0.15, 0.2) is 0 Å². The van der Waals surface area contributed by atoms with Crippen LogP contribution in [0.5, 0.6) is 0 Å². The van der Waals surface area contributed by atoms with Crippen molar-refractivity contribution in [1.29, 1.82) is 0 Å². The van der Waals surface area contributed by atoms with Gasteiger partial charge in [0.05, 0.1) is 0 Å². The van der Waals surface area contributed by atoms with Gasteiger partial charge in [-0.3, -0.25) is 4.90 Å². The fourth-order valence-corrected chi connectivity index (χ4v) is 2.20. The maximum absolute atomic E-state index is 3.58. The van der Waals surface area contributed by atoms with Gasteiger partial charge in [0.1, 0.15) is 0 Å². The molecule has 13 heavy (non-hydrogen) atoms. The minimum atomic E-state index is 0.463. The average Bonchev–Trinajstić information content (AvgIpc) is 2.03. The Hall–Kier alpha value is 0.180. The zero-order valence-electron chi connectivity index (χ0n) is 8.94. The molecule has 0 aromatic carbocycles. The van der Waals surface area contributed by atoms with Crippen LogP contribution in [0.3, 0.4) is 0 Å². The lowest BCUT2D eigenvalue weighted by Gasteiger charge is -2.33. The van der Waals surface area contributed by atoms with Gasteiger partial charge < -0.3 is 0 Å². The first-order chi connectivity index (χ1) is 6.03. The second-order valence-electron chi connectivity index (χ2n) is 4.67. The van der Waals surface area contributed by atoms with Gasteiger partial charge in [-0.2, -0.15) is 0 Å². The molecule has 76 valence electrons. The maximum Gasteiger partial charge on any atom is 0.0297 e. The Labute approximate surface area is 90.3 Å². The summed E-state index contributed by atoms with van der Waals surface area (Å²) in [6, 6.07) is 0. The molecule has 0 saturated heterocycles. The Morgan fingerprint density at radius 3 is 2.77 bits per heavy atom. The van der Waals surface area contributed by atoms with E-state index in [9.17, 15) is 0 Å². The molecule has 0 saturated carbocycles. The molecule has 1 heterocycles. The van der Waals surface area contributed by atoms with E-state index in [-0.39, 0.29) is 0 Å². The van der Waals surface area contributed by atoms with Crippen molar-refractivity contribution < 1.29 is 0 Å². The topological polar surface area (TPSA) is 3.24 Å². The maximum atomic E-state index is 3.58. The van der Waals surface area contributed by atoms with Crippen molar-refractivity contribution >= 4 is 15.9 Å². The molecule has 0 aromatic heterocycles. The molecular formula is C11H20BrN. The lowest BCUT2D eigenvalue weighted by molar-refractivity contribution is 0.184. The fraction of sp³-hybridized carbons (Fsp3) is 0.818. The van der Waals surface area contributed by atoms with Crippen molar-refractivity contribution in [3.8, 4) is 0 Å². The lowest BCUT2D eigenvalue weighted by atomic mass is 9.89. The molecule has 1 aliphatic heterocycles. The molecule has 0 radical (unpaired) electrons. The molecule has 0 amide bonds. The molecule has 2 heteroatoms. The van der Waals surface area contributed by atoms with Gasteiger partial charge in [0.2, 0.25) is 0 Å². The minimum Gasteiger partial charge on any atom is -0.298 e. The molecule has 0 N–H and O–H groups in total. The van der Waals surface area contributed by atoms with E-state index >= 15 is 0 Å². The van der Waals surface area contributed by atoms with E-state index in [1.165, 1.54) is 30.4 Å². The third-order valence-corrected chi connectivity index (χ3v) is 3.37. The van der Waals surface area contributed by atoms with Crippen LogP contribution in [0.2, 0.25) is 0 Å². The molecule has 1 nitrogen and oxygen atoms in total. The van der Waals surface area contributed by atoms with Crippen LogP contribution < -0.4 is 0 Å². The largest absolute Gasteiger partial charge is 0.298 e. The van der Waals surface area contributed by atoms with E-state index in [2.05, 4.69) is 47.7 Å². The molecule has 0 fully saturated rings. The smallest absolute Gasteiger partial charge is 0.0297 e. The Balaban J connectivity index is 2.42. The van der Waals surface area contributed by atoms with E-state index in [0.29, 0.717) is 5.41 Å². The normalized spacial score (nSPS) is 20.2. The molecule has 0 spiro atoms. The van der Waals surface area contributed by atoms with Gasteiger partial charge >= 0.3 is 0 Å². The van der Waals surface area contributed by atoms with Gasteiger partial charge in [-0.05, 0) is 18.3 Å². The second kappa shape index (κ2) is 4.61. The van der Waals surface area contributed by atoms with E-state index < -0.39 is 0 Å². The Bertz CT molecular complexity index is 196. The molecule has 1 aliphatic rings. The van der Waals surface area contributed by atoms with Crippen LogP contribution in [0, 0.1) is 5.41 Å². The molecule has 0 unspecified atom stereocenters. The Morgan fingerprint density at radius 1 is 1.54 bits per heavy atom. The highest BCUT2D eigenvalue weighted by molar-refractivity contribution is 9.11. The van der Waals surface area contributed by atoms with E-state index in [1.54, 1.807) is 0 Å². The predicted octanol–water partition coefficient (Wildman–Crippen LogP) is 3.41. The average molecular weight is 246 g/mol. The monoisotopic (exact) mass is 245 g/mol. The van der Waals surface area contributed by atoms with E-state index in [4.69, 9.17) is 0 Å². The van der Waals surface area contributed by atoms with Crippen LogP contribution >= 0.6 is 15.9 Å². The fourth-order valence-electron chi connectivity index (χ4n) is 1.61. The van der Waals surface area contributed by atoms with Crippen LogP contribution in [-0.4, -0.2) is 24.5 Å². The summed E-state index contributed by atoms with van der Waals surface area (Å²) < 4.78 is 1.35. The summed E-state index contributed by atoms with van der Waals surface area (Å²) in [4.78, 5) is 2.54. The molecule has 0 atom stereocenters. The van der Waals surface area contributed by atoms with Crippen LogP contribution in [0.25, 0.3) is 0 Å². The summed E-state index contributed by atoms with van der Waals surface area (Å²) in [5.74, 6) is 0. The summed E-state index contributed by atoms with van der Waals surface area (Å²) in [5, 5.41) is 0. The standard InChI is InChI=1S/C11H20BrN/c1-4-11(2,3)9-13-7-5-6-10(12)8-13/h6H,4-5,7-9H2,1-3H3. The highest BCUT2D eigenvalue weighted by atomic mass is 79.9. The van der Waals surface area contributed by atoms with Crippen molar-refractivity contribution in [2.24, 2.45) is 5.41 Å². The zero-order valence-corrected chi connectivity index (χ0v) is 10.5. The molecule has 0 bridgehead atoms. The van der Waals surface area contributed by atoms with E-state index in [1.807, 2.05) is 0 Å². The molecular weight excluding hydrogens is 226 g/mol. The lowest BCUT2D eigenvalue weighted by Crippen LogP contribution is -2.37. The second-order valence-corrected chi connectivity index (χ2v) is 5.69. The Kier molecular flexibility index (Phi) is 3.99.